The molecule has 0 unspecified atom stereocenters. The first-order chi connectivity index (χ1) is 16.2. The summed E-state index contributed by atoms with van der Waals surface area (Å²) >= 11 is 6.14. The standard InChI is InChI=1S/C26H32ClNO6/c1-5-6-7-8-11-33-22-10-9-19(15-23(22)32-4)14-21(26(30)31)28-24(29)16-34-20-12-17(2)25(27)18(3)13-20/h9-10,12-15H,5-8,11,16H2,1-4H3,(H,28,29)(H,30,31)/b21-14+. The van der Waals surface area contributed by atoms with E-state index in [0.29, 0.717) is 34.4 Å². The summed E-state index contributed by atoms with van der Waals surface area (Å²) in [6, 6.07) is 8.52. The van der Waals surface area contributed by atoms with Crippen LogP contribution in [0.1, 0.15) is 49.3 Å². The first-order valence-electron chi connectivity index (χ1n) is 11.2. The van der Waals surface area contributed by atoms with Crippen LogP contribution >= 0.6 is 11.6 Å². The summed E-state index contributed by atoms with van der Waals surface area (Å²) in [5.41, 5.74) is 1.90. The second-order valence-electron chi connectivity index (χ2n) is 7.89. The van der Waals surface area contributed by atoms with Crippen molar-refractivity contribution in [3.8, 4) is 17.2 Å². The highest BCUT2D eigenvalue weighted by Gasteiger charge is 2.14. The van der Waals surface area contributed by atoms with Crippen LogP contribution in [0.5, 0.6) is 17.2 Å². The summed E-state index contributed by atoms with van der Waals surface area (Å²) in [5, 5.41) is 12.6. The van der Waals surface area contributed by atoms with E-state index in [1.54, 1.807) is 30.3 Å². The number of carbonyl (C=O) groups is 2. The van der Waals surface area contributed by atoms with Gasteiger partial charge in [-0.2, -0.15) is 0 Å². The molecule has 0 spiro atoms. The van der Waals surface area contributed by atoms with Crippen molar-refractivity contribution in [2.24, 2.45) is 0 Å². The van der Waals surface area contributed by atoms with E-state index in [1.165, 1.54) is 13.2 Å². The van der Waals surface area contributed by atoms with Gasteiger partial charge in [-0.25, -0.2) is 4.79 Å². The molecule has 0 saturated carbocycles. The summed E-state index contributed by atoms with van der Waals surface area (Å²) < 4.78 is 16.7. The first-order valence-corrected chi connectivity index (χ1v) is 11.6. The zero-order valence-electron chi connectivity index (χ0n) is 20.1. The quantitative estimate of drug-likeness (QED) is 0.283. The number of unbranched alkanes of at least 4 members (excludes halogenated alkanes) is 3. The van der Waals surface area contributed by atoms with Crippen LogP contribution in [0.25, 0.3) is 6.08 Å². The fourth-order valence-electron chi connectivity index (χ4n) is 3.25. The van der Waals surface area contributed by atoms with Gasteiger partial charge in [-0.3, -0.25) is 4.79 Å². The predicted octanol–water partition coefficient (Wildman–Crippen LogP) is 5.55. The third kappa shape index (κ3) is 8.30. The Morgan fingerprint density at radius 3 is 2.35 bits per heavy atom. The Balaban J connectivity index is 2.04. The van der Waals surface area contributed by atoms with Crippen LogP contribution in [-0.2, 0) is 9.59 Å². The van der Waals surface area contributed by atoms with Crippen molar-refractivity contribution in [3.63, 3.8) is 0 Å². The molecule has 0 saturated heterocycles. The zero-order valence-corrected chi connectivity index (χ0v) is 20.8. The molecule has 0 bridgehead atoms. The van der Waals surface area contributed by atoms with Crippen LogP contribution in [0.2, 0.25) is 5.02 Å². The number of ether oxygens (including phenoxy) is 3. The molecule has 0 heterocycles. The van der Waals surface area contributed by atoms with Gasteiger partial charge in [0.2, 0.25) is 0 Å². The van der Waals surface area contributed by atoms with E-state index in [0.717, 1.165) is 36.8 Å². The number of methoxy groups -OCH3 is 1. The molecule has 2 aromatic carbocycles. The Morgan fingerprint density at radius 1 is 1.03 bits per heavy atom. The molecule has 34 heavy (non-hydrogen) atoms. The van der Waals surface area contributed by atoms with Crippen LogP contribution < -0.4 is 19.5 Å². The van der Waals surface area contributed by atoms with Crippen LogP contribution in [0.3, 0.4) is 0 Å². The summed E-state index contributed by atoms with van der Waals surface area (Å²) in [4.78, 5) is 24.0. The largest absolute Gasteiger partial charge is 0.493 e. The number of nitrogens with one attached hydrogen (secondary N) is 1. The van der Waals surface area contributed by atoms with Crippen molar-refractivity contribution in [1.29, 1.82) is 0 Å². The van der Waals surface area contributed by atoms with Crippen LogP contribution in [0.15, 0.2) is 36.0 Å². The van der Waals surface area contributed by atoms with Gasteiger partial charge in [0.25, 0.3) is 5.91 Å². The molecule has 0 fully saturated rings. The maximum atomic E-state index is 12.3. The van der Waals surface area contributed by atoms with E-state index in [9.17, 15) is 14.7 Å². The van der Waals surface area contributed by atoms with Gasteiger partial charge < -0.3 is 24.6 Å². The number of benzene rings is 2. The molecule has 1 amide bonds. The fraction of sp³-hybridized carbons (Fsp3) is 0.385. The number of carboxylic acid groups (broad SMARTS) is 1. The van der Waals surface area contributed by atoms with Crippen molar-refractivity contribution < 1.29 is 28.9 Å². The van der Waals surface area contributed by atoms with E-state index < -0.39 is 11.9 Å². The second kappa shape index (κ2) is 13.5. The van der Waals surface area contributed by atoms with Crippen molar-refractivity contribution in [1.82, 2.24) is 5.32 Å². The number of carbonyl (C=O) groups excluding carboxylic acids is 1. The SMILES string of the molecule is CCCCCCOc1ccc(/C=C(/NC(=O)COc2cc(C)c(Cl)c(C)c2)C(=O)O)cc1OC. The molecular formula is C26H32ClNO6. The van der Waals surface area contributed by atoms with Gasteiger partial charge in [-0.15, -0.1) is 0 Å². The third-order valence-electron chi connectivity index (χ3n) is 5.04. The van der Waals surface area contributed by atoms with Crippen LogP contribution in [0, 0.1) is 13.8 Å². The second-order valence-corrected chi connectivity index (χ2v) is 8.27. The van der Waals surface area contributed by atoms with Gasteiger partial charge in [0, 0.05) is 5.02 Å². The molecule has 2 rings (SSSR count). The predicted molar refractivity (Wildman–Crippen MR) is 133 cm³/mol. The minimum Gasteiger partial charge on any atom is -0.493 e. The molecule has 0 aliphatic heterocycles. The van der Waals surface area contributed by atoms with Gasteiger partial charge >= 0.3 is 5.97 Å². The van der Waals surface area contributed by atoms with Crippen molar-refractivity contribution in [2.75, 3.05) is 20.3 Å². The molecule has 0 aliphatic rings. The van der Waals surface area contributed by atoms with Gasteiger partial charge in [0.15, 0.2) is 18.1 Å². The number of carboxylic acids is 1. The Morgan fingerprint density at radius 2 is 1.74 bits per heavy atom. The summed E-state index contributed by atoms with van der Waals surface area (Å²) in [5.74, 6) is -0.332. The van der Waals surface area contributed by atoms with Crippen molar-refractivity contribution >= 4 is 29.6 Å². The lowest BCUT2D eigenvalue weighted by Gasteiger charge is -2.12. The zero-order chi connectivity index (χ0) is 25.1. The number of hydrogen-bond donors (Lipinski definition) is 2. The molecule has 7 nitrogen and oxygen atoms in total. The van der Waals surface area contributed by atoms with E-state index in [-0.39, 0.29) is 12.3 Å². The van der Waals surface area contributed by atoms with Crippen molar-refractivity contribution in [2.45, 2.75) is 46.5 Å². The highest BCUT2D eigenvalue weighted by Crippen LogP contribution is 2.29. The summed E-state index contributed by atoms with van der Waals surface area (Å²) in [7, 11) is 1.52. The van der Waals surface area contributed by atoms with Gasteiger partial charge in [-0.05, 0) is 67.3 Å². The number of hydrogen-bond acceptors (Lipinski definition) is 5. The lowest BCUT2D eigenvalue weighted by atomic mass is 10.1. The topological polar surface area (TPSA) is 94.1 Å². The van der Waals surface area contributed by atoms with E-state index in [4.69, 9.17) is 25.8 Å². The molecule has 184 valence electrons. The third-order valence-corrected chi connectivity index (χ3v) is 5.63. The van der Waals surface area contributed by atoms with Crippen LogP contribution in [-0.4, -0.2) is 37.3 Å². The molecule has 0 aromatic heterocycles. The Kier molecular flexibility index (Phi) is 10.7. The Hall–Kier alpha value is -3.19. The minimum atomic E-state index is -1.28. The molecule has 2 N–H and O–H groups in total. The lowest BCUT2D eigenvalue weighted by molar-refractivity contribution is -0.134. The Labute approximate surface area is 205 Å². The summed E-state index contributed by atoms with van der Waals surface area (Å²) in [6.45, 7) is 6.06. The number of rotatable bonds is 13. The monoisotopic (exact) mass is 489 g/mol. The first kappa shape index (κ1) is 27.1. The fourth-order valence-corrected chi connectivity index (χ4v) is 3.36. The maximum Gasteiger partial charge on any atom is 0.352 e. The molecule has 0 atom stereocenters. The average Bonchev–Trinajstić information content (AvgIpc) is 2.81. The molecule has 0 radical (unpaired) electrons. The van der Waals surface area contributed by atoms with Gasteiger partial charge in [0.05, 0.1) is 13.7 Å². The summed E-state index contributed by atoms with van der Waals surface area (Å²) in [6.07, 6.45) is 5.72. The smallest absolute Gasteiger partial charge is 0.352 e. The normalized spacial score (nSPS) is 11.1. The number of halogens is 1. The molecule has 8 heteroatoms. The molecule has 0 aliphatic carbocycles. The van der Waals surface area contributed by atoms with Crippen LogP contribution in [0.4, 0.5) is 0 Å². The van der Waals surface area contributed by atoms with Gasteiger partial charge in [0.1, 0.15) is 11.4 Å². The van der Waals surface area contributed by atoms with Crippen molar-refractivity contribution in [3.05, 3.63) is 57.7 Å². The molecular weight excluding hydrogens is 458 g/mol. The number of aliphatic carboxylic acids is 1. The highest BCUT2D eigenvalue weighted by molar-refractivity contribution is 6.32. The number of amides is 1. The van der Waals surface area contributed by atoms with Gasteiger partial charge in [-0.1, -0.05) is 43.9 Å². The average molecular weight is 490 g/mol. The lowest BCUT2D eigenvalue weighted by Crippen LogP contribution is -2.31. The minimum absolute atomic E-state index is 0.285. The van der Waals surface area contributed by atoms with E-state index in [2.05, 4.69) is 12.2 Å². The van der Waals surface area contributed by atoms with E-state index >= 15 is 0 Å². The Bertz CT molecular complexity index is 1010. The van der Waals surface area contributed by atoms with E-state index in [1.807, 2.05) is 13.8 Å². The highest BCUT2D eigenvalue weighted by atomic mass is 35.5. The molecule has 2 aromatic rings. The number of aryl methyl sites for hydroxylation is 2. The maximum absolute atomic E-state index is 12.3.